The normalized spacial score (nSPS) is 23.4. The minimum Gasteiger partial charge on any atom is -0.391 e. The quantitative estimate of drug-likeness (QED) is 0.459. The smallest absolute Gasteiger partial charge is 0.253 e. The highest BCUT2D eigenvalue weighted by atomic mass is 16.3. The Morgan fingerprint density at radius 1 is 1.44 bits per heavy atom. The maximum atomic E-state index is 12.1. The van der Waals surface area contributed by atoms with Gasteiger partial charge in [-0.3, -0.25) is 15.6 Å². The van der Waals surface area contributed by atoms with Gasteiger partial charge in [-0.1, -0.05) is 12.8 Å². The van der Waals surface area contributed by atoms with Crippen molar-refractivity contribution in [3.8, 4) is 0 Å². The Labute approximate surface area is 106 Å². The summed E-state index contributed by atoms with van der Waals surface area (Å²) in [5, 5.41) is 12.7. The standard InChI is InChI=1S/C12H18N4O2/c13-16-10-7-14-6-5-8(10)12(18)15-9-3-1-2-4-11(9)17/h5-7,9,11,16-17H,1-4,13H2,(H,15,18). The van der Waals surface area contributed by atoms with E-state index in [1.165, 1.54) is 12.4 Å². The van der Waals surface area contributed by atoms with Crippen LogP contribution in [0.3, 0.4) is 0 Å². The molecule has 18 heavy (non-hydrogen) atoms. The van der Waals surface area contributed by atoms with Gasteiger partial charge in [0, 0.05) is 6.20 Å². The van der Waals surface area contributed by atoms with Crippen LogP contribution in [0.2, 0.25) is 0 Å². The van der Waals surface area contributed by atoms with E-state index < -0.39 is 6.10 Å². The second-order valence-electron chi connectivity index (χ2n) is 4.50. The molecule has 0 aliphatic heterocycles. The predicted octanol–water partition coefficient (Wildman–Crippen LogP) is 0.400. The molecule has 1 aliphatic carbocycles. The number of hydrogen-bond acceptors (Lipinski definition) is 5. The van der Waals surface area contributed by atoms with Crippen molar-refractivity contribution in [3.63, 3.8) is 0 Å². The van der Waals surface area contributed by atoms with E-state index in [1.807, 2.05) is 0 Å². The van der Waals surface area contributed by atoms with Gasteiger partial charge >= 0.3 is 0 Å². The number of rotatable bonds is 3. The van der Waals surface area contributed by atoms with E-state index in [4.69, 9.17) is 5.84 Å². The van der Waals surface area contributed by atoms with Gasteiger partial charge in [0.25, 0.3) is 5.91 Å². The van der Waals surface area contributed by atoms with Gasteiger partial charge in [0.2, 0.25) is 0 Å². The van der Waals surface area contributed by atoms with Crippen LogP contribution >= 0.6 is 0 Å². The van der Waals surface area contributed by atoms with E-state index in [1.54, 1.807) is 6.07 Å². The summed E-state index contributed by atoms with van der Waals surface area (Å²) < 4.78 is 0. The molecule has 1 heterocycles. The molecule has 1 amide bonds. The molecule has 0 spiro atoms. The fourth-order valence-electron chi connectivity index (χ4n) is 2.23. The molecule has 2 atom stereocenters. The van der Waals surface area contributed by atoms with Crippen molar-refractivity contribution in [1.29, 1.82) is 0 Å². The molecule has 1 aromatic heterocycles. The second kappa shape index (κ2) is 5.79. The number of aliphatic hydroxyl groups excluding tert-OH is 1. The van der Waals surface area contributed by atoms with Gasteiger partial charge in [-0.2, -0.15) is 0 Å². The van der Waals surface area contributed by atoms with Crippen LogP contribution in [0.5, 0.6) is 0 Å². The summed E-state index contributed by atoms with van der Waals surface area (Å²) >= 11 is 0. The summed E-state index contributed by atoms with van der Waals surface area (Å²) in [6.07, 6.45) is 6.16. The molecule has 0 bridgehead atoms. The Bertz CT molecular complexity index is 424. The summed E-state index contributed by atoms with van der Waals surface area (Å²) in [5.74, 6) is 5.09. The zero-order valence-corrected chi connectivity index (χ0v) is 10.1. The average molecular weight is 250 g/mol. The molecule has 1 saturated carbocycles. The van der Waals surface area contributed by atoms with E-state index in [0.29, 0.717) is 11.3 Å². The lowest BCUT2D eigenvalue weighted by Gasteiger charge is -2.28. The van der Waals surface area contributed by atoms with Gasteiger partial charge in [-0.25, -0.2) is 0 Å². The molecule has 1 fully saturated rings. The van der Waals surface area contributed by atoms with Crippen molar-refractivity contribution in [1.82, 2.24) is 10.3 Å². The largest absolute Gasteiger partial charge is 0.391 e. The summed E-state index contributed by atoms with van der Waals surface area (Å²) in [4.78, 5) is 16.0. The number of nitrogen functional groups attached to an aromatic ring is 1. The molecule has 1 aliphatic rings. The molecule has 6 nitrogen and oxygen atoms in total. The number of hydrazine groups is 1. The third-order valence-electron chi connectivity index (χ3n) is 3.27. The number of carbonyl (C=O) groups is 1. The zero-order chi connectivity index (χ0) is 13.0. The first-order valence-electron chi connectivity index (χ1n) is 6.12. The number of nitrogens with zero attached hydrogens (tertiary/aromatic N) is 1. The maximum Gasteiger partial charge on any atom is 0.253 e. The molecule has 0 radical (unpaired) electrons. The second-order valence-corrected chi connectivity index (χ2v) is 4.50. The number of hydrogen-bond donors (Lipinski definition) is 4. The van der Waals surface area contributed by atoms with Crippen molar-refractivity contribution in [2.45, 2.75) is 37.8 Å². The maximum absolute atomic E-state index is 12.1. The number of anilines is 1. The first kappa shape index (κ1) is 12.8. The molecule has 98 valence electrons. The molecule has 2 rings (SSSR count). The van der Waals surface area contributed by atoms with E-state index >= 15 is 0 Å². The first-order valence-corrected chi connectivity index (χ1v) is 6.12. The topological polar surface area (TPSA) is 100 Å². The minimum atomic E-state index is -0.459. The van der Waals surface area contributed by atoms with Crippen LogP contribution in [-0.2, 0) is 0 Å². The van der Waals surface area contributed by atoms with Crippen LogP contribution in [0, 0.1) is 0 Å². The van der Waals surface area contributed by atoms with E-state index in [2.05, 4.69) is 15.7 Å². The fourth-order valence-corrected chi connectivity index (χ4v) is 2.23. The van der Waals surface area contributed by atoms with Crippen LogP contribution in [0.15, 0.2) is 18.5 Å². The highest BCUT2D eigenvalue weighted by Gasteiger charge is 2.25. The number of nitrogens with two attached hydrogens (primary N) is 1. The van der Waals surface area contributed by atoms with Crippen molar-refractivity contribution in [3.05, 3.63) is 24.0 Å². The Kier molecular flexibility index (Phi) is 4.11. The lowest BCUT2D eigenvalue weighted by Crippen LogP contribution is -2.45. The van der Waals surface area contributed by atoms with Crippen molar-refractivity contribution < 1.29 is 9.90 Å². The van der Waals surface area contributed by atoms with Crippen molar-refractivity contribution in [2.75, 3.05) is 5.43 Å². The molecular formula is C12H18N4O2. The van der Waals surface area contributed by atoms with E-state index in [0.717, 1.165) is 25.7 Å². The van der Waals surface area contributed by atoms with Gasteiger partial charge in [0.15, 0.2) is 0 Å². The highest BCUT2D eigenvalue weighted by molar-refractivity contribution is 5.99. The van der Waals surface area contributed by atoms with Crippen LogP contribution in [0.25, 0.3) is 0 Å². The van der Waals surface area contributed by atoms with Crippen LogP contribution < -0.4 is 16.6 Å². The minimum absolute atomic E-state index is 0.176. The molecule has 1 aromatic rings. The van der Waals surface area contributed by atoms with Crippen molar-refractivity contribution >= 4 is 11.6 Å². The summed E-state index contributed by atoms with van der Waals surface area (Å²) in [6.45, 7) is 0. The summed E-state index contributed by atoms with van der Waals surface area (Å²) in [7, 11) is 0. The lowest BCUT2D eigenvalue weighted by atomic mass is 9.92. The predicted molar refractivity (Wildman–Crippen MR) is 67.8 cm³/mol. The Balaban J connectivity index is 2.07. The van der Waals surface area contributed by atoms with E-state index in [9.17, 15) is 9.90 Å². The van der Waals surface area contributed by atoms with Crippen LogP contribution in [0.4, 0.5) is 5.69 Å². The number of pyridine rings is 1. The Morgan fingerprint density at radius 3 is 2.94 bits per heavy atom. The molecule has 0 saturated heterocycles. The monoisotopic (exact) mass is 250 g/mol. The number of aliphatic hydroxyl groups is 1. The Morgan fingerprint density at radius 2 is 2.22 bits per heavy atom. The van der Waals surface area contributed by atoms with Gasteiger partial charge in [0.05, 0.1) is 29.6 Å². The SMILES string of the molecule is NNc1cnccc1C(=O)NC1CCCCC1O. The third-order valence-corrected chi connectivity index (χ3v) is 3.27. The molecule has 2 unspecified atom stereocenters. The fraction of sp³-hybridized carbons (Fsp3) is 0.500. The third kappa shape index (κ3) is 2.77. The number of aromatic nitrogens is 1. The van der Waals surface area contributed by atoms with E-state index in [-0.39, 0.29) is 11.9 Å². The zero-order valence-electron chi connectivity index (χ0n) is 10.1. The van der Waals surface area contributed by atoms with Gasteiger partial charge in [-0.05, 0) is 18.9 Å². The molecule has 5 N–H and O–H groups in total. The molecule has 6 heteroatoms. The lowest BCUT2D eigenvalue weighted by molar-refractivity contribution is 0.0718. The van der Waals surface area contributed by atoms with Gasteiger partial charge < -0.3 is 15.8 Å². The average Bonchev–Trinajstić information content (AvgIpc) is 2.41. The Hall–Kier alpha value is -1.66. The number of amides is 1. The van der Waals surface area contributed by atoms with Crippen LogP contribution in [0.1, 0.15) is 36.0 Å². The van der Waals surface area contributed by atoms with Crippen molar-refractivity contribution in [2.24, 2.45) is 5.84 Å². The molecular weight excluding hydrogens is 232 g/mol. The first-order chi connectivity index (χ1) is 8.72. The summed E-state index contributed by atoms with van der Waals surface area (Å²) in [6, 6.07) is 1.42. The highest BCUT2D eigenvalue weighted by Crippen LogP contribution is 2.19. The summed E-state index contributed by atoms with van der Waals surface area (Å²) in [5.41, 5.74) is 3.35. The number of carbonyl (C=O) groups excluding carboxylic acids is 1. The van der Waals surface area contributed by atoms with Gasteiger partial charge in [0.1, 0.15) is 0 Å². The number of nitrogens with one attached hydrogen (secondary N) is 2. The van der Waals surface area contributed by atoms with Gasteiger partial charge in [-0.15, -0.1) is 0 Å². The molecule has 0 aromatic carbocycles. The van der Waals surface area contributed by atoms with Crippen LogP contribution in [-0.4, -0.2) is 28.1 Å².